The lowest BCUT2D eigenvalue weighted by Gasteiger charge is -2.25. The molecular formula is C13H20BrNS. The molecule has 0 aromatic heterocycles. The van der Waals surface area contributed by atoms with Crippen molar-refractivity contribution in [1.82, 2.24) is 0 Å². The van der Waals surface area contributed by atoms with Crippen LogP contribution in [0.15, 0.2) is 28.7 Å². The van der Waals surface area contributed by atoms with Gasteiger partial charge in [0.1, 0.15) is 0 Å². The van der Waals surface area contributed by atoms with Crippen LogP contribution in [-0.4, -0.2) is 11.3 Å². The summed E-state index contributed by atoms with van der Waals surface area (Å²) in [5.74, 6) is 0. The van der Waals surface area contributed by atoms with E-state index in [9.17, 15) is 0 Å². The average molecular weight is 302 g/mol. The number of hydrogen-bond donors (Lipinski definition) is 1. The van der Waals surface area contributed by atoms with Crippen molar-refractivity contribution >= 4 is 27.7 Å². The molecule has 16 heavy (non-hydrogen) atoms. The molecule has 0 heterocycles. The van der Waals surface area contributed by atoms with Gasteiger partial charge < -0.3 is 5.73 Å². The molecule has 2 unspecified atom stereocenters. The first-order valence-corrected chi connectivity index (χ1v) is 7.45. The van der Waals surface area contributed by atoms with Crippen molar-refractivity contribution in [3.63, 3.8) is 0 Å². The second-order valence-corrected chi connectivity index (χ2v) is 6.78. The molecule has 0 saturated heterocycles. The van der Waals surface area contributed by atoms with Crippen LogP contribution in [0.5, 0.6) is 0 Å². The second kappa shape index (κ2) is 6.67. The molecule has 2 N–H and O–H groups in total. The highest BCUT2D eigenvalue weighted by Gasteiger charge is 2.22. The molecule has 0 aliphatic carbocycles. The Morgan fingerprint density at radius 3 is 2.44 bits per heavy atom. The van der Waals surface area contributed by atoms with E-state index in [1.807, 2.05) is 17.8 Å². The van der Waals surface area contributed by atoms with Crippen molar-refractivity contribution in [3.8, 4) is 0 Å². The fraction of sp³-hybridized carbons (Fsp3) is 0.538. The van der Waals surface area contributed by atoms with Gasteiger partial charge in [0.15, 0.2) is 0 Å². The molecule has 0 amide bonds. The molecule has 1 aromatic rings. The third-order valence-corrected chi connectivity index (χ3v) is 4.65. The van der Waals surface area contributed by atoms with E-state index < -0.39 is 0 Å². The fourth-order valence-corrected chi connectivity index (χ4v) is 3.63. The van der Waals surface area contributed by atoms with Gasteiger partial charge in [0.2, 0.25) is 0 Å². The summed E-state index contributed by atoms with van der Waals surface area (Å²) in [6, 6.07) is 8.59. The minimum Gasteiger partial charge on any atom is -0.326 e. The van der Waals surface area contributed by atoms with Gasteiger partial charge in [-0.05, 0) is 23.3 Å². The van der Waals surface area contributed by atoms with Crippen molar-refractivity contribution in [3.05, 3.63) is 34.3 Å². The van der Waals surface area contributed by atoms with Gasteiger partial charge in [-0.25, -0.2) is 0 Å². The van der Waals surface area contributed by atoms with E-state index in [0.29, 0.717) is 10.5 Å². The van der Waals surface area contributed by atoms with E-state index in [4.69, 9.17) is 5.73 Å². The van der Waals surface area contributed by atoms with E-state index in [1.54, 1.807) is 0 Å². The highest BCUT2D eigenvalue weighted by Crippen LogP contribution is 2.38. The van der Waals surface area contributed by atoms with Gasteiger partial charge in [0, 0.05) is 15.8 Å². The van der Waals surface area contributed by atoms with Crippen LogP contribution in [0.4, 0.5) is 0 Å². The van der Waals surface area contributed by atoms with Crippen molar-refractivity contribution in [2.45, 2.75) is 43.7 Å². The summed E-state index contributed by atoms with van der Waals surface area (Å²) in [6.45, 7) is 6.59. The highest BCUT2D eigenvalue weighted by molar-refractivity contribution is 9.10. The lowest BCUT2D eigenvalue weighted by atomic mass is 10.0. The molecule has 3 heteroatoms. The van der Waals surface area contributed by atoms with E-state index in [1.165, 1.54) is 5.56 Å². The Bertz CT molecular complexity index is 327. The molecule has 1 aromatic carbocycles. The maximum Gasteiger partial charge on any atom is 0.0461 e. The van der Waals surface area contributed by atoms with Crippen molar-refractivity contribution in [2.75, 3.05) is 0 Å². The third kappa shape index (κ3) is 3.79. The Morgan fingerprint density at radius 1 is 1.31 bits per heavy atom. The first-order valence-electron chi connectivity index (χ1n) is 5.71. The molecule has 0 fully saturated rings. The number of thioether (sulfide) groups is 1. The molecule has 0 saturated carbocycles. The summed E-state index contributed by atoms with van der Waals surface area (Å²) in [5, 5.41) is 0.968. The van der Waals surface area contributed by atoms with Gasteiger partial charge in [0.05, 0.1) is 0 Å². The van der Waals surface area contributed by atoms with E-state index in [2.05, 4.69) is 54.9 Å². The van der Waals surface area contributed by atoms with Crippen LogP contribution >= 0.6 is 27.7 Å². The minimum absolute atomic E-state index is 0.214. The van der Waals surface area contributed by atoms with Crippen LogP contribution in [-0.2, 0) is 0 Å². The quantitative estimate of drug-likeness (QED) is 0.874. The normalized spacial score (nSPS) is 15.1. The zero-order valence-corrected chi connectivity index (χ0v) is 12.5. The van der Waals surface area contributed by atoms with Crippen LogP contribution in [0.1, 0.15) is 38.0 Å². The number of nitrogens with two attached hydrogens (primary N) is 1. The molecule has 2 atom stereocenters. The van der Waals surface area contributed by atoms with Gasteiger partial charge in [-0.15, -0.1) is 11.8 Å². The maximum absolute atomic E-state index is 6.22. The SMILES string of the molecule is CCC(N)C(SC(C)C)c1ccccc1Br. The zero-order chi connectivity index (χ0) is 12.1. The predicted octanol–water partition coefficient (Wildman–Crippen LogP) is 4.37. The molecule has 0 aliphatic rings. The van der Waals surface area contributed by atoms with E-state index in [0.717, 1.165) is 10.9 Å². The first kappa shape index (κ1) is 14.1. The summed E-state index contributed by atoms with van der Waals surface area (Å²) in [4.78, 5) is 0. The fourth-order valence-electron chi connectivity index (χ4n) is 1.62. The topological polar surface area (TPSA) is 26.0 Å². The van der Waals surface area contributed by atoms with Crippen LogP contribution in [0, 0.1) is 0 Å². The van der Waals surface area contributed by atoms with Crippen molar-refractivity contribution in [2.24, 2.45) is 5.73 Å². The molecule has 0 spiro atoms. The molecule has 0 bridgehead atoms. The van der Waals surface area contributed by atoms with Crippen LogP contribution in [0.3, 0.4) is 0 Å². The van der Waals surface area contributed by atoms with Crippen LogP contribution in [0.2, 0.25) is 0 Å². The van der Waals surface area contributed by atoms with E-state index >= 15 is 0 Å². The van der Waals surface area contributed by atoms with Crippen molar-refractivity contribution in [1.29, 1.82) is 0 Å². The second-order valence-electron chi connectivity index (χ2n) is 4.20. The van der Waals surface area contributed by atoms with E-state index in [-0.39, 0.29) is 6.04 Å². The summed E-state index contributed by atoms with van der Waals surface area (Å²) < 4.78 is 1.16. The minimum atomic E-state index is 0.214. The number of benzene rings is 1. The van der Waals surface area contributed by atoms with Gasteiger partial charge >= 0.3 is 0 Å². The number of halogens is 1. The molecule has 0 aliphatic heterocycles. The zero-order valence-electron chi connectivity index (χ0n) is 10.1. The molecule has 1 nitrogen and oxygen atoms in total. The smallest absolute Gasteiger partial charge is 0.0461 e. The average Bonchev–Trinajstić information content (AvgIpc) is 2.26. The molecular weight excluding hydrogens is 282 g/mol. The summed E-state index contributed by atoms with van der Waals surface area (Å²) in [6.07, 6.45) is 1.01. The first-order chi connectivity index (χ1) is 7.56. The highest BCUT2D eigenvalue weighted by atomic mass is 79.9. The number of hydrogen-bond acceptors (Lipinski definition) is 2. The van der Waals surface area contributed by atoms with Crippen molar-refractivity contribution < 1.29 is 0 Å². The monoisotopic (exact) mass is 301 g/mol. The Kier molecular flexibility index (Phi) is 5.87. The third-order valence-electron chi connectivity index (χ3n) is 2.49. The molecule has 0 radical (unpaired) electrons. The standard InChI is InChI=1S/C13H20BrNS/c1-4-12(15)13(16-9(2)3)10-7-5-6-8-11(10)14/h5-9,12-13H,4,15H2,1-3H3. The molecule has 1 rings (SSSR count). The number of rotatable bonds is 5. The Balaban J connectivity index is 2.96. The van der Waals surface area contributed by atoms with Gasteiger partial charge in [-0.3, -0.25) is 0 Å². The van der Waals surface area contributed by atoms with Gasteiger partial charge in [-0.1, -0.05) is 54.9 Å². The summed E-state index contributed by atoms with van der Waals surface area (Å²) in [5.41, 5.74) is 7.54. The lowest BCUT2D eigenvalue weighted by Crippen LogP contribution is -2.26. The van der Waals surface area contributed by atoms with Crippen LogP contribution < -0.4 is 5.73 Å². The van der Waals surface area contributed by atoms with Gasteiger partial charge in [-0.2, -0.15) is 0 Å². The maximum atomic E-state index is 6.22. The van der Waals surface area contributed by atoms with Gasteiger partial charge in [0.25, 0.3) is 0 Å². The summed E-state index contributed by atoms with van der Waals surface area (Å²) >= 11 is 5.56. The lowest BCUT2D eigenvalue weighted by molar-refractivity contribution is 0.631. The van der Waals surface area contributed by atoms with Crippen LogP contribution in [0.25, 0.3) is 0 Å². The Morgan fingerprint density at radius 2 is 1.94 bits per heavy atom. The molecule has 90 valence electrons. The largest absolute Gasteiger partial charge is 0.326 e. The Labute approximate surface area is 111 Å². The predicted molar refractivity (Wildman–Crippen MR) is 77.9 cm³/mol. The summed E-state index contributed by atoms with van der Waals surface area (Å²) in [7, 11) is 0. The Hall–Kier alpha value is 0.01000.